The summed E-state index contributed by atoms with van der Waals surface area (Å²) in [6.45, 7) is 15.5. The van der Waals surface area contributed by atoms with Crippen molar-refractivity contribution in [2.45, 2.75) is 194 Å². The fourth-order valence-corrected chi connectivity index (χ4v) is 11.0. The number of carbonyl (C=O) groups excluding carboxylic acids is 8. The van der Waals surface area contributed by atoms with E-state index < -0.39 is 76.9 Å². The van der Waals surface area contributed by atoms with Crippen LogP contribution in [0.4, 0.5) is 5.69 Å². The largest absolute Gasteiger partial charge is 0.399 e. The maximum Gasteiger partial charge on any atom is 0.251 e. The van der Waals surface area contributed by atoms with Crippen LogP contribution in [0, 0.1) is 22.7 Å². The molecule has 2 saturated heterocycles. The molecule has 1 aromatic rings. The predicted molar refractivity (Wildman–Crippen MR) is 286 cm³/mol. The fourth-order valence-electron chi connectivity index (χ4n) is 10.9. The van der Waals surface area contributed by atoms with Crippen molar-refractivity contribution in [1.29, 1.82) is 0 Å². The molecular weight excluding hydrogens is 966 g/mol. The number of hydrogen-bond donors (Lipinski definition) is 8. The lowest BCUT2D eigenvalue weighted by atomic mass is 9.83. The molecule has 19 nitrogen and oxygen atoms in total. The average molecular weight is 1050 g/mol. The molecule has 9 N–H and O–H groups in total. The van der Waals surface area contributed by atoms with Gasteiger partial charge in [0.2, 0.25) is 35.4 Å². The molecule has 1 aromatic carbocycles. The highest BCUT2D eigenvalue weighted by atomic mass is 35.5. The van der Waals surface area contributed by atoms with E-state index in [2.05, 4.69) is 37.2 Å². The van der Waals surface area contributed by atoms with Crippen LogP contribution in [0.1, 0.15) is 166 Å². The Morgan fingerprint density at radius 3 is 1.36 bits per heavy atom. The Kier molecular flexibility index (Phi) is 21.6. The number of hydrogen-bond acceptors (Lipinski definition) is 11. The SMILES string of the molecule is CN[C@@H](C)C(=O)N[C@H](C(=O)N1CCC[C@H]1C(=O)N[C@H](CNC(=O)c1cc(N)cc(C(=O)NC[C@@H](NC(=O)[C@@H]2CCCN2C(=O)[C@@H](NC(=O)[C@H](C)N(C)Cl)C(C)(C)C)C2CCCCC2)c1)C1CCCCC1)C(C)(C)C. The van der Waals surface area contributed by atoms with Gasteiger partial charge in [-0.15, -0.1) is 0 Å². The first-order valence-corrected chi connectivity index (χ1v) is 27.5. The summed E-state index contributed by atoms with van der Waals surface area (Å²) in [5.41, 5.74) is 5.56. The minimum atomic E-state index is -0.908. The summed E-state index contributed by atoms with van der Waals surface area (Å²) in [4.78, 5) is 114. The molecule has 2 saturated carbocycles. The number of nitrogens with two attached hydrogens (primary N) is 1. The molecule has 0 aromatic heterocycles. The Bertz CT molecular complexity index is 2150. The number of likely N-dealkylation sites (tertiary alicyclic amines) is 2. The third-order valence-corrected chi connectivity index (χ3v) is 16.0. The van der Waals surface area contributed by atoms with Crippen molar-refractivity contribution in [2.75, 3.05) is 46.0 Å². The van der Waals surface area contributed by atoms with Crippen LogP contribution in [-0.4, -0.2) is 150 Å². The molecule has 0 spiro atoms. The van der Waals surface area contributed by atoms with E-state index in [1.54, 1.807) is 37.7 Å². The lowest BCUT2D eigenvalue weighted by Gasteiger charge is -2.37. The van der Waals surface area contributed by atoms with Gasteiger partial charge >= 0.3 is 0 Å². The molecule has 414 valence electrons. The zero-order valence-electron chi connectivity index (χ0n) is 45.8. The maximum atomic E-state index is 14.2. The van der Waals surface area contributed by atoms with Crippen LogP contribution in [-0.2, 0) is 28.8 Å². The van der Waals surface area contributed by atoms with E-state index in [0.717, 1.165) is 64.2 Å². The Balaban J connectivity index is 1.25. The van der Waals surface area contributed by atoms with Crippen molar-refractivity contribution >= 4 is 64.7 Å². The molecule has 5 rings (SSSR count). The second-order valence-electron chi connectivity index (χ2n) is 23.5. The lowest BCUT2D eigenvalue weighted by molar-refractivity contribution is -0.144. The number of likely N-dealkylation sites (N-methyl/N-ethyl adjacent to an activating group) is 2. The molecule has 0 bridgehead atoms. The van der Waals surface area contributed by atoms with Crippen LogP contribution >= 0.6 is 11.8 Å². The molecule has 2 heterocycles. The predicted octanol–water partition coefficient (Wildman–Crippen LogP) is 3.98. The van der Waals surface area contributed by atoms with Crippen molar-refractivity contribution < 1.29 is 38.4 Å². The highest BCUT2D eigenvalue weighted by Gasteiger charge is 2.45. The number of nitrogens with zero attached hydrogens (tertiary/aromatic N) is 3. The minimum Gasteiger partial charge on any atom is -0.399 e. The van der Waals surface area contributed by atoms with Gasteiger partial charge in [-0.1, -0.05) is 80.1 Å². The number of halogens is 1. The van der Waals surface area contributed by atoms with Gasteiger partial charge in [-0.3, -0.25) is 38.4 Å². The summed E-state index contributed by atoms with van der Waals surface area (Å²) in [6.07, 6.45) is 11.7. The van der Waals surface area contributed by atoms with Crippen LogP contribution < -0.4 is 43.0 Å². The van der Waals surface area contributed by atoms with Crippen LogP contribution in [0.3, 0.4) is 0 Å². The van der Waals surface area contributed by atoms with Gasteiger partial charge in [0.1, 0.15) is 30.2 Å². The van der Waals surface area contributed by atoms with E-state index in [1.165, 1.54) is 22.6 Å². The molecule has 8 atom stereocenters. The Labute approximate surface area is 444 Å². The number of carbonyl (C=O) groups is 8. The van der Waals surface area contributed by atoms with Crippen LogP contribution in [0.2, 0.25) is 0 Å². The molecule has 4 fully saturated rings. The quantitative estimate of drug-likeness (QED) is 0.0685. The third kappa shape index (κ3) is 16.0. The van der Waals surface area contributed by atoms with Gasteiger partial charge in [0, 0.05) is 62.1 Å². The zero-order valence-corrected chi connectivity index (χ0v) is 46.6. The number of nitrogen functional groups attached to an aromatic ring is 1. The van der Waals surface area contributed by atoms with Gasteiger partial charge in [-0.2, -0.15) is 0 Å². The average Bonchev–Trinajstić information content (AvgIpc) is 4.07. The van der Waals surface area contributed by atoms with Gasteiger partial charge in [0.25, 0.3) is 11.8 Å². The monoisotopic (exact) mass is 1050 g/mol. The third-order valence-electron chi connectivity index (χ3n) is 15.8. The molecule has 2 aliphatic carbocycles. The summed E-state index contributed by atoms with van der Waals surface area (Å²) in [5.74, 6) is -2.78. The molecule has 0 unspecified atom stereocenters. The summed E-state index contributed by atoms with van der Waals surface area (Å²) in [5, 5.41) is 21.2. The second-order valence-corrected chi connectivity index (χ2v) is 24.0. The fraction of sp³-hybridized carbons (Fsp3) is 0.741. The maximum absolute atomic E-state index is 14.2. The number of anilines is 1. The summed E-state index contributed by atoms with van der Waals surface area (Å²) in [6, 6.07) is -0.882. The van der Waals surface area contributed by atoms with Gasteiger partial charge in [0.05, 0.1) is 6.04 Å². The van der Waals surface area contributed by atoms with E-state index >= 15 is 0 Å². The summed E-state index contributed by atoms with van der Waals surface area (Å²) < 4.78 is 1.25. The topological polar surface area (TPSA) is 257 Å². The molecule has 4 aliphatic rings. The van der Waals surface area contributed by atoms with Gasteiger partial charge in [-0.05, 0) is 125 Å². The minimum absolute atomic E-state index is 0.0755. The van der Waals surface area contributed by atoms with Gasteiger partial charge < -0.3 is 52.8 Å². The number of rotatable bonds is 20. The van der Waals surface area contributed by atoms with E-state index in [-0.39, 0.29) is 71.3 Å². The Morgan fingerprint density at radius 2 is 1.00 bits per heavy atom. The molecule has 0 radical (unpaired) electrons. The normalized spacial score (nSPS) is 21.4. The van der Waals surface area contributed by atoms with Crippen LogP contribution in [0.5, 0.6) is 0 Å². The van der Waals surface area contributed by atoms with Gasteiger partial charge in [0.15, 0.2) is 0 Å². The Morgan fingerprint density at radius 1 is 0.608 bits per heavy atom. The van der Waals surface area contributed by atoms with E-state index in [1.807, 2.05) is 41.5 Å². The highest BCUT2D eigenvalue weighted by Crippen LogP contribution is 2.31. The number of nitrogens with one attached hydrogen (secondary N) is 7. The summed E-state index contributed by atoms with van der Waals surface area (Å²) >= 11 is 6.07. The van der Waals surface area contributed by atoms with Crippen LogP contribution in [0.15, 0.2) is 18.2 Å². The first kappa shape index (κ1) is 59.9. The lowest BCUT2D eigenvalue weighted by Crippen LogP contribution is -2.60. The first-order chi connectivity index (χ1) is 34.8. The standard InChI is InChI=1S/C54H88ClN11O8/c1-32(57-9)45(67)62-43(53(3,4)5)51(73)65-25-17-23-41(65)49(71)60-39(34-19-13-11-14-20-34)30-58-47(69)36-27-37(29-38(56)28-36)48(70)59-31-40(35-21-15-12-16-22-35)61-50(72)42-24-18-26-66(42)52(74)44(54(6,7)8)63-46(68)33(2)64(10)55/h27-29,32-35,39-44,57H,11-26,30-31,56H2,1-10H3,(H,58,69)(H,59,70)(H,60,71)(H,61,72)(H,62,67)(H,63,68)/t32-,33-,39+,40+,41-,42-,43+,44+/m0/s1. The van der Waals surface area contributed by atoms with Gasteiger partial charge in [-0.25, -0.2) is 4.42 Å². The second kappa shape index (κ2) is 26.7. The van der Waals surface area contributed by atoms with E-state index in [4.69, 9.17) is 17.5 Å². The molecule has 8 amide bonds. The molecule has 74 heavy (non-hydrogen) atoms. The Hall–Kier alpha value is -5.01. The molecule has 20 heteroatoms. The number of amides is 8. The number of benzene rings is 1. The van der Waals surface area contributed by atoms with Crippen molar-refractivity contribution in [2.24, 2.45) is 22.7 Å². The van der Waals surface area contributed by atoms with Crippen molar-refractivity contribution in [3.05, 3.63) is 29.3 Å². The smallest absolute Gasteiger partial charge is 0.251 e. The molecule has 2 aliphatic heterocycles. The van der Waals surface area contributed by atoms with E-state index in [9.17, 15) is 38.4 Å². The first-order valence-electron chi connectivity index (χ1n) is 27.2. The van der Waals surface area contributed by atoms with Crippen molar-refractivity contribution in [3.63, 3.8) is 0 Å². The van der Waals surface area contributed by atoms with Crippen molar-refractivity contribution in [3.8, 4) is 0 Å². The zero-order chi connectivity index (χ0) is 54.7. The van der Waals surface area contributed by atoms with Crippen LogP contribution in [0.25, 0.3) is 0 Å². The van der Waals surface area contributed by atoms with E-state index in [0.29, 0.717) is 38.8 Å². The molecular formula is C54H88ClN11O8. The summed E-state index contributed by atoms with van der Waals surface area (Å²) in [7, 11) is 3.24. The highest BCUT2D eigenvalue weighted by molar-refractivity contribution is 6.14. The van der Waals surface area contributed by atoms with Crippen molar-refractivity contribution in [1.82, 2.24) is 51.4 Å².